The second-order valence-corrected chi connectivity index (χ2v) is 11.0. The third kappa shape index (κ3) is 5.54. The normalized spacial score (nSPS) is 12.6. The third-order valence-electron chi connectivity index (χ3n) is 5.87. The molecule has 0 saturated heterocycles. The van der Waals surface area contributed by atoms with Gasteiger partial charge in [-0.05, 0) is 36.2 Å². The summed E-state index contributed by atoms with van der Waals surface area (Å²) in [5.74, 6) is 0.110. The molecule has 194 valence electrons. The van der Waals surface area contributed by atoms with Crippen LogP contribution in [0.2, 0.25) is 10.0 Å². The molecular weight excluding hydrogens is 539 g/mol. The van der Waals surface area contributed by atoms with Gasteiger partial charge in [-0.3, -0.25) is 9.59 Å². The maximum atomic E-state index is 13.2. The second-order valence-electron chi connectivity index (χ2n) is 8.65. The topological polar surface area (TPSA) is 153 Å². The monoisotopic (exact) mass is 562 g/mol. The Hall–Kier alpha value is -3.25. The summed E-state index contributed by atoms with van der Waals surface area (Å²) >= 11 is 12.9. The van der Waals surface area contributed by atoms with Gasteiger partial charge in [-0.25, -0.2) is 23.2 Å². The van der Waals surface area contributed by atoms with Crippen LogP contribution < -0.4 is 16.0 Å². The minimum Gasteiger partial charge on any atom is -0.326 e. The molecule has 0 aliphatic heterocycles. The van der Waals surface area contributed by atoms with Crippen molar-refractivity contribution in [3.05, 3.63) is 73.9 Å². The first-order chi connectivity index (χ1) is 17.4. The lowest BCUT2D eigenvalue weighted by atomic mass is 10.0. The molecule has 4 rings (SSSR count). The molecule has 0 aliphatic rings. The third-order valence-corrected chi connectivity index (χ3v) is 7.34. The second kappa shape index (κ2) is 10.3. The maximum Gasteiger partial charge on any atom is 0.262 e. The smallest absolute Gasteiger partial charge is 0.262 e. The average molecular weight is 563 g/mol. The average Bonchev–Trinajstić information content (AvgIpc) is 3.18. The summed E-state index contributed by atoms with van der Waals surface area (Å²) in [7, 11) is -4.05. The summed E-state index contributed by atoms with van der Waals surface area (Å²) in [5.41, 5.74) is 2.05. The molecule has 0 saturated carbocycles. The lowest BCUT2D eigenvalue weighted by Crippen LogP contribution is -2.14. The standard InChI is InChI=1S/C24H24Cl2N6O4S/c1-4-12(2)21-20-23(32(31-21)22-17(25)10-16(11-18(22)26)37(27,35)36)29-19(30-24(20)34)9-14-5-7-15(8-6-14)28-13(3)33/h5-8,10-12H,4,9H2,1-3H3,(H,28,33)(H2,27,35,36)(H,29,30,34). The minimum atomic E-state index is -4.05. The van der Waals surface area contributed by atoms with Crippen molar-refractivity contribution in [2.24, 2.45) is 5.14 Å². The molecule has 0 fully saturated rings. The molecule has 1 unspecified atom stereocenters. The molecule has 0 radical (unpaired) electrons. The van der Waals surface area contributed by atoms with Gasteiger partial charge in [0.15, 0.2) is 5.65 Å². The van der Waals surface area contributed by atoms with Crippen molar-refractivity contribution in [1.29, 1.82) is 0 Å². The van der Waals surface area contributed by atoms with Gasteiger partial charge < -0.3 is 10.3 Å². The highest BCUT2D eigenvalue weighted by molar-refractivity contribution is 7.89. The number of H-pyrrole nitrogens is 1. The fourth-order valence-corrected chi connectivity index (χ4v) is 5.23. The number of nitrogens with one attached hydrogen (secondary N) is 2. The predicted molar refractivity (Wildman–Crippen MR) is 143 cm³/mol. The van der Waals surface area contributed by atoms with E-state index in [2.05, 4.69) is 20.4 Å². The van der Waals surface area contributed by atoms with Gasteiger partial charge in [0.1, 0.15) is 16.9 Å². The zero-order valence-corrected chi connectivity index (χ0v) is 22.5. The van der Waals surface area contributed by atoms with Crippen molar-refractivity contribution < 1.29 is 13.2 Å². The van der Waals surface area contributed by atoms with Gasteiger partial charge in [0.2, 0.25) is 15.9 Å². The molecule has 13 heteroatoms. The van der Waals surface area contributed by atoms with Crippen LogP contribution in [0.15, 0.2) is 46.1 Å². The summed E-state index contributed by atoms with van der Waals surface area (Å²) in [6.07, 6.45) is 1.00. The number of hydrogen-bond donors (Lipinski definition) is 3. The van der Waals surface area contributed by atoms with Crippen molar-refractivity contribution >= 4 is 55.9 Å². The predicted octanol–water partition coefficient (Wildman–Crippen LogP) is 4.13. The molecule has 1 atom stereocenters. The Kier molecular flexibility index (Phi) is 7.43. The van der Waals surface area contributed by atoms with Crippen molar-refractivity contribution in [3.63, 3.8) is 0 Å². The van der Waals surface area contributed by atoms with Crippen molar-refractivity contribution in [2.45, 2.75) is 44.4 Å². The van der Waals surface area contributed by atoms with E-state index >= 15 is 0 Å². The quantitative estimate of drug-likeness (QED) is 0.308. The Morgan fingerprint density at radius 1 is 1.19 bits per heavy atom. The molecule has 10 nitrogen and oxygen atoms in total. The molecule has 2 aromatic carbocycles. The van der Waals surface area contributed by atoms with Gasteiger partial charge in [-0.15, -0.1) is 0 Å². The zero-order valence-electron chi connectivity index (χ0n) is 20.2. The van der Waals surface area contributed by atoms with Crippen LogP contribution >= 0.6 is 23.2 Å². The van der Waals surface area contributed by atoms with E-state index in [9.17, 15) is 18.0 Å². The molecule has 4 aromatic rings. The number of sulfonamides is 1. The van der Waals surface area contributed by atoms with E-state index in [0.717, 1.165) is 5.56 Å². The number of amides is 1. The van der Waals surface area contributed by atoms with Gasteiger partial charge in [0.25, 0.3) is 5.56 Å². The molecule has 2 aromatic heterocycles. The SMILES string of the molecule is CCC(C)c1nn(-c2c(Cl)cc(S(N)(=O)=O)cc2Cl)c2nc(Cc3ccc(NC(C)=O)cc3)[nH]c(=O)c12. The van der Waals surface area contributed by atoms with Crippen LogP contribution in [0.4, 0.5) is 5.69 Å². The van der Waals surface area contributed by atoms with Crippen LogP contribution in [-0.2, 0) is 21.2 Å². The van der Waals surface area contributed by atoms with E-state index < -0.39 is 10.0 Å². The molecule has 37 heavy (non-hydrogen) atoms. The Morgan fingerprint density at radius 2 is 1.81 bits per heavy atom. The van der Waals surface area contributed by atoms with Crippen LogP contribution in [0.3, 0.4) is 0 Å². The Morgan fingerprint density at radius 3 is 2.35 bits per heavy atom. The zero-order chi connectivity index (χ0) is 27.1. The Labute approximate surface area is 222 Å². The summed E-state index contributed by atoms with van der Waals surface area (Å²) < 4.78 is 25.0. The lowest BCUT2D eigenvalue weighted by Gasteiger charge is -2.11. The van der Waals surface area contributed by atoms with Crippen molar-refractivity contribution in [3.8, 4) is 5.69 Å². The number of rotatable bonds is 7. The number of fused-ring (bicyclic) bond motifs is 1. The number of aromatic nitrogens is 4. The maximum absolute atomic E-state index is 13.2. The first-order valence-electron chi connectivity index (χ1n) is 11.3. The first kappa shape index (κ1) is 26.8. The highest BCUT2D eigenvalue weighted by Gasteiger charge is 2.25. The van der Waals surface area contributed by atoms with E-state index in [1.54, 1.807) is 12.1 Å². The van der Waals surface area contributed by atoms with Crippen LogP contribution in [0, 0.1) is 0 Å². The highest BCUT2D eigenvalue weighted by Crippen LogP contribution is 2.34. The molecule has 0 aliphatic carbocycles. The number of primary sulfonamides is 1. The van der Waals surface area contributed by atoms with Crippen LogP contribution in [-0.4, -0.2) is 34.1 Å². The van der Waals surface area contributed by atoms with Gasteiger partial charge in [-0.1, -0.05) is 49.2 Å². The number of hydrogen-bond acceptors (Lipinski definition) is 6. The van der Waals surface area contributed by atoms with E-state index in [4.69, 9.17) is 28.3 Å². The Balaban J connectivity index is 1.88. The summed E-state index contributed by atoms with van der Waals surface area (Å²) in [5, 5.41) is 12.8. The number of aromatic amines is 1. The number of halogens is 2. The number of nitrogens with zero attached hydrogens (tertiary/aromatic N) is 3. The number of nitrogens with two attached hydrogens (primary N) is 1. The van der Waals surface area contributed by atoms with Crippen molar-refractivity contribution in [1.82, 2.24) is 19.7 Å². The van der Waals surface area contributed by atoms with E-state index in [-0.39, 0.29) is 43.7 Å². The minimum absolute atomic E-state index is 0.0196. The van der Waals surface area contributed by atoms with Crippen molar-refractivity contribution in [2.75, 3.05) is 5.32 Å². The molecule has 0 bridgehead atoms. The number of carbonyl (C=O) groups excluding carboxylic acids is 1. The number of carbonyl (C=O) groups is 1. The summed E-state index contributed by atoms with van der Waals surface area (Å²) in [6.45, 7) is 5.33. The van der Waals surface area contributed by atoms with E-state index in [1.165, 1.54) is 23.7 Å². The Bertz CT molecular complexity index is 1660. The van der Waals surface area contributed by atoms with E-state index in [0.29, 0.717) is 35.4 Å². The molecular formula is C24H24Cl2N6O4S. The van der Waals surface area contributed by atoms with Crippen LogP contribution in [0.25, 0.3) is 16.7 Å². The number of benzene rings is 2. The fraction of sp³-hybridized carbons (Fsp3) is 0.250. The number of anilines is 1. The molecule has 4 N–H and O–H groups in total. The highest BCUT2D eigenvalue weighted by atomic mass is 35.5. The molecule has 2 heterocycles. The fourth-order valence-electron chi connectivity index (χ4n) is 3.89. The molecule has 1 amide bonds. The van der Waals surface area contributed by atoms with Gasteiger partial charge in [-0.2, -0.15) is 5.10 Å². The van der Waals surface area contributed by atoms with Gasteiger partial charge >= 0.3 is 0 Å². The first-order valence-corrected chi connectivity index (χ1v) is 13.6. The van der Waals surface area contributed by atoms with E-state index in [1.807, 2.05) is 26.0 Å². The summed E-state index contributed by atoms with van der Waals surface area (Å²) in [4.78, 5) is 31.8. The lowest BCUT2D eigenvalue weighted by molar-refractivity contribution is -0.114. The van der Waals surface area contributed by atoms with Crippen LogP contribution in [0.5, 0.6) is 0 Å². The van der Waals surface area contributed by atoms with Gasteiger partial charge in [0.05, 0.1) is 20.6 Å². The molecule has 0 spiro atoms. The van der Waals surface area contributed by atoms with Crippen LogP contribution in [0.1, 0.15) is 50.2 Å². The largest absolute Gasteiger partial charge is 0.326 e. The van der Waals surface area contributed by atoms with Gasteiger partial charge in [0, 0.05) is 24.9 Å². The summed E-state index contributed by atoms with van der Waals surface area (Å²) in [6, 6.07) is 9.50.